The molecule has 17 heavy (non-hydrogen) atoms. The number of aromatic amines is 1. The Morgan fingerprint density at radius 2 is 2.12 bits per heavy atom. The summed E-state index contributed by atoms with van der Waals surface area (Å²) >= 11 is 11.7. The second-order valence-electron chi connectivity index (χ2n) is 4.20. The lowest BCUT2D eigenvalue weighted by atomic mass is 10.1. The molecule has 2 N–H and O–H groups in total. The minimum atomic E-state index is -0.449. The van der Waals surface area contributed by atoms with Crippen LogP contribution in [0.4, 0.5) is 10.3 Å². The SMILES string of the molecule is CC(CCl)(CCl)Nc1nc2ccc(F)cc2[nH]1. The van der Waals surface area contributed by atoms with Gasteiger partial charge in [0.2, 0.25) is 5.95 Å². The predicted molar refractivity (Wildman–Crippen MR) is 69.5 cm³/mol. The molecule has 6 heteroatoms. The molecule has 0 spiro atoms. The number of fused-ring (bicyclic) bond motifs is 1. The minimum Gasteiger partial charge on any atom is -0.348 e. The number of rotatable bonds is 4. The zero-order valence-corrected chi connectivity index (χ0v) is 10.7. The molecule has 0 unspecified atom stereocenters. The van der Waals surface area contributed by atoms with E-state index in [2.05, 4.69) is 15.3 Å². The second kappa shape index (κ2) is 4.70. The molecule has 0 bridgehead atoms. The van der Waals surface area contributed by atoms with Gasteiger partial charge in [-0.2, -0.15) is 0 Å². The molecule has 3 nitrogen and oxygen atoms in total. The van der Waals surface area contributed by atoms with E-state index >= 15 is 0 Å². The number of nitrogens with zero attached hydrogens (tertiary/aromatic N) is 1. The molecule has 1 aromatic carbocycles. The molecule has 0 saturated heterocycles. The minimum absolute atomic E-state index is 0.301. The Morgan fingerprint density at radius 1 is 1.41 bits per heavy atom. The number of aromatic nitrogens is 2. The maximum Gasteiger partial charge on any atom is 0.201 e. The van der Waals surface area contributed by atoms with Crippen molar-refractivity contribution in [2.45, 2.75) is 12.5 Å². The van der Waals surface area contributed by atoms with Crippen LogP contribution in [0.3, 0.4) is 0 Å². The lowest BCUT2D eigenvalue weighted by Gasteiger charge is -2.25. The van der Waals surface area contributed by atoms with Gasteiger partial charge in [-0.3, -0.25) is 0 Å². The van der Waals surface area contributed by atoms with Crippen molar-refractivity contribution in [3.8, 4) is 0 Å². The maximum absolute atomic E-state index is 13.0. The molecule has 0 aliphatic heterocycles. The Morgan fingerprint density at radius 3 is 2.76 bits per heavy atom. The molecule has 92 valence electrons. The fourth-order valence-corrected chi connectivity index (χ4v) is 1.85. The normalized spacial score (nSPS) is 12.0. The van der Waals surface area contributed by atoms with Crippen molar-refractivity contribution in [2.75, 3.05) is 17.1 Å². The first-order valence-electron chi connectivity index (χ1n) is 5.12. The van der Waals surface area contributed by atoms with Crippen molar-refractivity contribution in [2.24, 2.45) is 0 Å². The highest BCUT2D eigenvalue weighted by Gasteiger charge is 2.23. The van der Waals surface area contributed by atoms with Crippen molar-refractivity contribution in [3.05, 3.63) is 24.0 Å². The third-order valence-electron chi connectivity index (χ3n) is 2.45. The number of H-pyrrole nitrogens is 1. The summed E-state index contributed by atoms with van der Waals surface area (Å²) in [4.78, 5) is 7.27. The fourth-order valence-electron chi connectivity index (χ4n) is 1.43. The van der Waals surface area contributed by atoms with E-state index in [0.717, 1.165) is 0 Å². The Kier molecular flexibility index (Phi) is 3.45. The Hall–Kier alpha value is -1.00. The Labute approximate surface area is 108 Å². The van der Waals surface area contributed by atoms with Crippen molar-refractivity contribution in [1.82, 2.24) is 9.97 Å². The summed E-state index contributed by atoms with van der Waals surface area (Å²) in [5.41, 5.74) is 0.884. The fraction of sp³-hybridized carbons (Fsp3) is 0.364. The molecular weight excluding hydrogens is 264 g/mol. The van der Waals surface area contributed by atoms with E-state index in [-0.39, 0.29) is 5.82 Å². The number of anilines is 1. The number of hydrogen-bond donors (Lipinski definition) is 2. The lowest BCUT2D eigenvalue weighted by molar-refractivity contribution is 0.629. The van der Waals surface area contributed by atoms with Crippen LogP contribution in [0.2, 0.25) is 0 Å². The number of benzene rings is 1. The summed E-state index contributed by atoms with van der Waals surface area (Å²) in [6, 6.07) is 4.38. The van der Waals surface area contributed by atoms with Crippen molar-refractivity contribution < 1.29 is 4.39 Å². The number of halogens is 3. The standard InChI is InChI=1S/C11H12Cl2FN3/c1-11(5-12,6-13)17-10-15-8-3-2-7(14)4-9(8)16-10/h2-4H,5-6H2,1H3,(H2,15,16,17). The monoisotopic (exact) mass is 275 g/mol. The zero-order valence-electron chi connectivity index (χ0n) is 9.23. The Balaban J connectivity index is 2.31. The van der Waals surface area contributed by atoms with Gasteiger partial charge in [-0.1, -0.05) is 0 Å². The molecule has 0 saturated carbocycles. The number of hydrogen-bond acceptors (Lipinski definition) is 2. The molecular formula is C11H12Cl2FN3. The molecule has 1 heterocycles. The summed E-state index contributed by atoms with van der Waals surface area (Å²) in [5.74, 6) is 0.934. The first-order valence-corrected chi connectivity index (χ1v) is 6.18. The summed E-state index contributed by atoms with van der Waals surface area (Å²) in [6.45, 7) is 1.89. The van der Waals surface area contributed by atoms with E-state index in [1.54, 1.807) is 6.07 Å². The van der Waals surface area contributed by atoms with Crippen molar-refractivity contribution in [3.63, 3.8) is 0 Å². The smallest absolute Gasteiger partial charge is 0.201 e. The van der Waals surface area contributed by atoms with Gasteiger partial charge in [0, 0.05) is 11.8 Å². The summed E-state index contributed by atoms with van der Waals surface area (Å²) in [6.07, 6.45) is 0. The van der Waals surface area contributed by atoms with Gasteiger partial charge < -0.3 is 10.3 Å². The number of imidazole rings is 1. The Bertz CT molecular complexity index is 522. The van der Waals surface area contributed by atoms with Crippen LogP contribution in [0, 0.1) is 5.82 Å². The van der Waals surface area contributed by atoms with Crippen LogP contribution in [-0.4, -0.2) is 27.3 Å². The summed E-state index contributed by atoms with van der Waals surface area (Å²) in [7, 11) is 0. The van der Waals surface area contributed by atoms with E-state index in [4.69, 9.17) is 23.2 Å². The molecule has 0 aliphatic rings. The molecule has 2 rings (SSSR count). The van der Waals surface area contributed by atoms with E-state index < -0.39 is 5.54 Å². The predicted octanol–water partition coefficient (Wildman–Crippen LogP) is 3.35. The van der Waals surface area contributed by atoms with Gasteiger partial charge in [0.05, 0.1) is 16.6 Å². The van der Waals surface area contributed by atoms with Crippen LogP contribution in [0.5, 0.6) is 0 Å². The molecule has 1 aromatic heterocycles. The van der Waals surface area contributed by atoms with Gasteiger partial charge >= 0.3 is 0 Å². The van der Waals surface area contributed by atoms with Gasteiger partial charge in [-0.05, 0) is 25.1 Å². The highest BCUT2D eigenvalue weighted by molar-refractivity contribution is 6.22. The lowest BCUT2D eigenvalue weighted by Crippen LogP contribution is -2.39. The first-order chi connectivity index (χ1) is 8.06. The third-order valence-corrected chi connectivity index (χ3v) is 3.63. The van der Waals surface area contributed by atoms with E-state index in [1.165, 1.54) is 12.1 Å². The summed E-state index contributed by atoms with van der Waals surface area (Å²) in [5, 5.41) is 3.11. The van der Waals surface area contributed by atoms with Crippen LogP contribution in [0.15, 0.2) is 18.2 Å². The van der Waals surface area contributed by atoms with Crippen molar-refractivity contribution in [1.29, 1.82) is 0 Å². The first kappa shape index (κ1) is 12.5. The van der Waals surface area contributed by atoms with Crippen LogP contribution < -0.4 is 5.32 Å². The molecule has 0 fully saturated rings. The highest BCUT2D eigenvalue weighted by atomic mass is 35.5. The van der Waals surface area contributed by atoms with E-state index in [1.807, 2.05) is 6.92 Å². The largest absolute Gasteiger partial charge is 0.348 e. The van der Waals surface area contributed by atoms with Gasteiger partial charge in [-0.15, -0.1) is 23.2 Å². The zero-order chi connectivity index (χ0) is 12.5. The van der Waals surface area contributed by atoms with Gasteiger partial charge in [0.25, 0.3) is 0 Å². The molecule has 0 aliphatic carbocycles. The van der Waals surface area contributed by atoms with Crippen LogP contribution >= 0.6 is 23.2 Å². The van der Waals surface area contributed by atoms with Gasteiger partial charge in [0.15, 0.2) is 0 Å². The average molecular weight is 276 g/mol. The summed E-state index contributed by atoms with van der Waals surface area (Å²) < 4.78 is 13.0. The molecule has 2 aromatic rings. The highest BCUT2D eigenvalue weighted by Crippen LogP contribution is 2.20. The number of alkyl halides is 2. The molecule has 0 radical (unpaired) electrons. The second-order valence-corrected chi connectivity index (χ2v) is 4.73. The molecule has 0 amide bonds. The van der Waals surface area contributed by atoms with E-state index in [9.17, 15) is 4.39 Å². The van der Waals surface area contributed by atoms with E-state index in [0.29, 0.717) is 28.7 Å². The third kappa shape index (κ3) is 2.64. The van der Waals surface area contributed by atoms with Gasteiger partial charge in [0.1, 0.15) is 5.82 Å². The van der Waals surface area contributed by atoms with Crippen LogP contribution in [0.1, 0.15) is 6.92 Å². The van der Waals surface area contributed by atoms with Crippen molar-refractivity contribution >= 4 is 40.2 Å². The topological polar surface area (TPSA) is 40.7 Å². The maximum atomic E-state index is 13.0. The number of nitrogens with one attached hydrogen (secondary N) is 2. The van der Waals surface area contributed by atoms with Crippen LogP contribution in [0.25, 0.3) is 11.0 Å². The average Bonchev–Trinajstić information content (AvgIpc) is 2.70. The quantitative estimate of drug-likeness (QED) is 0.841. The van der Waals surface area contributed by atoms with Gasteiger partial charge in [-0.25, -0.2) is 9.37 Å². The molecule has 0 atom stereocenters. The van der Waals surface area contributed by atoms with Crippen LogP contribution in [-0.2, 0) is 0 Å².